The Balaban J connectivity index is 1.48. The number of carbonyl (C=O) groups excluding carboxylic acids is 1. The maximum absolute atomic E-state index is 13.0. The number of carbonyl (C=O) groups is 1. The van der Waals surface area contributed by atoms with E-state index < -0.39 is 0 Å². The molecule has 3 aromatic rings. The normalized spacial score (nSPS) is 18.1. The summed E-state index contributed by atoms with van der Waals surface area (Å²) in [5.74, 6) is 1.09. The second-order valence-electron chi connectivity index (χ2n) is 5.96. The molecule has 2 aromatic heterocycles. The molecule has 0 aliphatic carbocycles. The summed E-state index contributed by atoms with van der Waals surface area (Å²) < 4.78 is 1.78. The van der Waals surface area contributed by atoms with Crippen LogP contribution in [0.4, 0.5) is 0 Å². The maximum Gasteiger partial charge on any atom is 0.253 e. The lowest BCUT2D eigenvalue weighted by Crippen LogP contribution is -2.33. The van der Waals surface area contributed by atoms with Gasteiger partial charge in [0.15, 0.2) is 0 Å². The monoisotopic (exact) mass is 369 g/mol. The van der Waals surface area contributed by atoms with Crippen LogP contribution in [0.3, 0.4) is 0 Å². The van der Waals surface area contributed by atoms with Gasteiger partial charge in [-0.1, -0.05) is 12.1 Å². The van der Waals surface area contributed by atoms with Crippen molar-refractivity contribution < 1.29 is 4.79 Å². The van der Waals surface area contributed by atoms with Gasteiger partial charge in [0.25, 0.3) is 5.91 Å². The molecule has 128 valence electrons. The van der Waals surface area contributed by atoms with Crippen molar-refractivity contribution in [2.75, 3.05) is 18.8 Å². The van der Waals surface area contributed by atoms with Crippen molar-refractivity contribution in [1.29, 1.82) is 0 Å². The third kappa shape index (κ3) is 3.65. The average molecular weight is 370 g/mol. The molecule has 1 fully saturated rings. The van der Waals surface area contributed by atoms with Crippen molar-refractivity contribution >= 4 is 29.0 Å². The molecule has 4 nitrogen and oxygen atoms in total. The van der Waals surface area contributed by atoms with Crippen LogP contribution in [0.25, 0.3) is 5.69 Å². The van der Waals surface area contributed by atoms with E-state index in [-0.39, 0.29) is 5.91 Å². The van der Waals surface area contributed by atoms with Crippen LogP contribution in [0, 0.1) is 0 Å². The summed E-state index contributed by atoms with van der Waals surface area (Å²) in [6.45, 7) is 1.61. The highest BCUT2D eigenvalue weighted by molar-refractivity contribution is 7.99. The van der Waals surface area contributed by atoms with E-state index in [1.165, 1.54) is 4.88 Å². The van der Waals surface area contributed by atoms with Crippen LogP contribution in [0.1, 0.15) is 26.9 Å². The number of rotatable bonds is 3. The van der Waals surface area contributed by atoms with Crippen molar-refractivity contribution in [3.8, 4) is 5.69 Å². The topological polar surface area (TPSA) is 38.1 Å². The molecule has 1 saturated heterocycles. The molecule has 0 unspecified atom stereocenters. The molecule has 1 amide bonds. The highest BCUT2D eigenvalue weighted by Crippen LogP contribution is 2.36. The first-order valence-corrected chi connectivity index (χ1v) is 10.3. The largest absolute Gasteiger partial charge is 0.338 e. The quantitative estimate of drug-likeness (QED) is 0.692. The first kappa shape index (κ1) is 16.4. The summed E-state index contributed by atoms with van der Waals surface area (Å²) in [7, 11) is 0. The van der Waals surface area contributed by atoms with Crippen molar-refractivity contribution in [2.45, 2.75) is 11.7 Å². The molecular formula is C19H19N3OS2. The molecule has 6 heteroatoms. The van der Waals surface area contributed by atoms with Gasteiger partial charge >= 0.3 is 0 Å². The van der Waals surface area contributed by atoms with Gasteiger partial charge < -0.3 is 4.90 Å². The van der Waals surface area contributed by atoms with E-state index in [9.17, 15) is 4.79 Å². The van der Waals surface area contributed by atoms with Gasteiger partial charge in [-0.25, -0.2) is 4.68 Å². The van der Waals surface area contributed by atoms with E-state index in [0.29, 0.717) is 5.25 Å². The van der Waals surface area contributed by atoms with E-state index >= 15 is 0 Å². The first-order chi connectivity index (χ1) is 12.3. The van der Waals surface area contributed by atoms with Crippen LogP contribution in [0.2, 0.25) is 0 Å². The molecule has 1 aromatic carbocycles. The van der Waals surface area contributed by atoms with Gasteiger partial charge in [0.05, 0.1) is 5.69 Å². The smallest absolute Gasteiger partial charge is 0.253 e. The van der Waals surface area contributed by atoms with Gasteiger partial charge in [-0.2, -0.15) is 16.9 Å². The standard InChI is InChI=1S/C19H19N3OS2/c23-19(15-4-1-5-16(14-15)22-9-3-8-20-22)21-10-7-18(25-13-11-21)17-6-2-12-24-17/h1-6,8-9,12,14,18H,7,10-11,13H2/t18-/m0/s1. The second kappa shape index (κ2) is 7.45. The molecule has 1 aliphatic heterocycles. The van der Waals surface area contributed by atoms with Crippen LogP contribution in [-0.4, -0.2) is 39.4 Å². The number of benzene rings is 1. The third-order valence-corrected chi connectivity index (χ3v) is 6.80. The molecule has 4 rings (SSSR count). The SMILES string of the molecule is O=C(c1cccc(-n2cccn2)c1)N1CCS[C@H](c2cccs2)CC1. The van der Waals surface area contributed by atoms with Crippen LogP contribution < -0.4 is 0 Å². The summed E-state index contributed by atoms with van der Waals surface area (Å²) >= 11 is 3.77. The summed E-state index contributed by atoms with van der Waals surface area (Å²) in [5.41, 5.74) is 1.64. The number of hydrogen-bond acceptors (Lipinski definition) is 4. The fourth-order valence-corrected chi connectivity index (χ4v) is 5.30. The molecule has 1 atom stereocenters. The summed E-state index contributed by atoms with van der Waals surface area (Å²) in [6.07, 6.45) is 4.64. The molecule has 0 spiro atoms. The Morgan fingerprint density at radius 2 is 2.12 bits per heavy atom. The Morgan fingerprint density at radius 3 is 2.92 bits per heavy atom. The van der Waals surface area contributed by atoms with E-state index in [4.69, 9.17) is 0 Å². The van der Waals surface area contributed by atoms with Gasteiger partial charge in [0, 0.05) is 46.9 Å². The molecule has 0 saturated carbocycles. The molecule has 3 heterocycles. The number of nitrogens with zero attached hydrogens (tertiary/aromatic N) is 3. The van der Waals surface area contributed by atoms with E-state index in [0.717, 1.165) is 36.5 Å². The van der Waals surface area contributed by atoms with Gasteiger partial charge in [0.1, 0.15) is 0 Å². The molecular weight excluding hydrogens is 350 g/mol. The molecule has 25 heavy (non-hydrogen) atoms. The molecule has 1 aliphatic rings. The van der Waals surface area contributed by atoms with Crippen LogP contribution >= 0.6 is 23.1 Å². The van der Waals surface area contributed by atoms with Crippen LogP contribution in [0.5, 0.6) is 0 Å². The zero-order valence-corrected chi connectivity index (χ0v) is 15.4. The molecule has 0 N–H and O–H groups in total. The predicted molar refractivity (Wildman–Crippen MR) is 104 cm³/mol. The highest BCUT2D eigenvalue weighted by atomic mass is 32.2. The maximum atomic E-state index is 13.0. The van der Waals surface area contributed by atoms with E-state index in [1.54, 1.807) is 10.9 Å². The van der Waals surface area contributed by atoms with Crippen molar-refractivity contribution in [3.63, 3.8) is 0 Å². The Labute approximate surface area is 155 Å². The first-order valence-electron chi connectivity index (χ1n) is 8.35. The number of hydrogen-bond donors (Lipinski definition) is 0. The summed E-state index contributed by atoms with van der Waals surface area (Å²) in [6, 6.07) is 13.9. The minimum Gasteiger partial charge on any atom is -0.338 e. The Bertz CT molecular complexity index is 830. The number of thiophene rings is 1. The van der Waals surface area contributed by atoms with Crippen LogP contribution in [-0.2, 0) is 0 Å². The Morgan fingerprint density at radius 1 is 1.16 bits per heavy atom. The third-order valence-electron chi connectivity index (χ3n) is 4.35. The Hall–Kier alpha value is -2.05. The molecule has 0 bridgehead atoms. The lowest BCUT2D eigenvalue weighted by atomic mass is 10.1. The van der Waals surface area contributed by atoms with Gasteiger partial charge in [0.2, 0.25) is 0 Å². The van der Waals surface area contributed by atoms with E-state index in [1.807, 2.05) is 64.5 Å². The minimum absolute atomic E-state index is 0.112. The zero-order chi connectivity index (χ0) is 17.1. The number of amides is 1. The fraction of sp³-hybridized carbons (Fsp3) is 0.263. The van der Waals surface area contributed by atoms with E-state index in [2.05, 4.69) is 22.6 Å². The summed E-state index contributed by atoms with van der Waals surface area (Å²) in [4.78, 5) is 16.4. The molecule has 0 radical (unpaired) electrons. The van der Waals surface area contributed by atoms with Crippen molar-refractivity contribution in [3.05, 3.63) is 70.7 Å². The van der Waals surface area contributed by atoms with Gasteiger partial charge in [-0.3, -0.25) is 4.79 Å². The number of thioether (sulfide) groups is 1. The van der Waals surface area contributed by atoms with Gasteiger partial charge in [-0.05, 0) is 42.1 Å². The number of aromatic nitrogens is 2. The van der Waals surface area contributed by atoms with Crippen molar-refractivity contribution in [2.24, 2.45) is 0 Å². The predicted octanol–water partition coefficient (Wildman–Crippen LogP) is 4.25. The van der Waals surface area contributed by atoms with Gasteiger partial charge in [-0.15, -0.1) is 11.3 Å². The highest BCUT2D eigenvalue weighted by Gasteiger charge is 2.23. The van der Waals surface area contributed by atoms with Crippen molar-refractivity contribution in [1.82, 2.24) is 14.7 Å². The summed E-state index contributed by atoms with van der Waals surface area (Å²) in [5, 5.41) is 6.88. The zero-order valence-electron chi connectivity index (χ0n) is 13.7. The van der Waals surface area contributed by atoms with Crippen LogP contribution in [0.15, 0.2) is 60.2 Å². The average Bonchev–Trinajstić information content (AvgIpc) is 3.32. The minimum atomic E-state index is 0.112. The second-order valence-corrected chi connectivity index (χ2v) is 8.25. The Kier molecular flexibility index (Phi) is 4.90. The lowest BCUT2D eigenvalue weighted by molar-refractivity contribution is 0.0766. The fourth-order valence-electron chi connectivity index (χ4n) is 3.06. The lowest BCUT2D eigenvalue weighted by Gasteiger charge is -2.20.